The molecule has 5 nitrogen and oxygen atoms in total. The molecule has 0 aromatic carbocycles. The van der Waals surface area contributed by atoms with Crippen molar-refractivity contribution in [3.8, 4) is 0 Å². The van der Waals surface area contributed by atoms with E-state index in [0.717, 1.165) is 30.8 Å². The third-order valence-corrected chi connectivity index (χ3v) is 4.78. The summed E-state index contributed by atoms with van der Waals surface area (Å²) < 4.78 is 1.82. The molecule has 2 aliphatic carbocycles. The van der Waals surface area contributed by atoms with E-state index in [2.05, 4.69) is 10.2 Å². The highest BCUT2D eigenvalue weighted by molar-refractivity contribution is 7.99. The predicted octanol–water partition coefficient (Wildman–Crippen LogP) is 1.27. The van der Waals surface area contributed by atoms with Crippen molar-refractivity contribution >= 4 is 11.8 Å². The number of aromatic nitrogens is 3. The van der Waals surface area contributed by atoms with E-state index in [4.69, 9.17) is 5.73 Å². The third-order valence-electron chi connectivity index (χ3n) is 3.52. The van der Waals surface area contributed by atoms with Crippen LogP contribution in [0.1, 0.15) is 44.6 Å². The second-order valence-electron chi connectivity index (χ2n) is 5.08. The number of aromatic amines is 1. The molecule has 6 heteroatoms. The van der Waals surface area contributed by atoms with Gasteiger partial charge >= 0.3 is 5.69 Å². The van der Waals surface area contributed by atoms with E-state index in [1.54, 1.807) is 11.8 Å². The number of H-pyrrole nitrogens is 1. The maximum absolute atomic E-state index is 11.6. The summed E-state index contributed by atoms with van der Waals surface area (Å²) in [5, 5.41) is 8.09. The normalized spacial score (nSPS) is 29.5. The lowest BCUT2D eigenvalue weighted by molar-refractivity contribution is 0.450. The molecule has 0 radical (unpaired) electrons. The predicted molar refractivity (Wildman–Crippen MR) is 67.2 cm³/mol. The molecular weight excluding hydrogens is 236 g/mol. The molecule has 0 bridgehead atoms. The Labute approximate surface area is 104 Å². The molecular formula is C11H18N4OS. The van der Waals surface area contributed by atoms with Crippen molar-refractivity contribution < 1.29 is 0 Å². The minimum Gasteiger partial charge on any atom is -0.328 e. The molecule has 2 aliphatic rings. The van der Waals surface area contributed by atoms with Crippen LogP contribution in [0.2, 0.25) is 0 Å². The van der Waals surface area contributed by atoms with Crippen molar-refractivity contribution in [2.24, 2.45) is 5.73 Å². The smallest absolute Gasteiger partial charge is 0.328 e. The number of nitrogens with two attached hydrogens (primary N) is 1. The molecule has 2 atom stereocenters. The fourth-order valence-corrected chi connectivity index (χ4v) is 3.84. The number of nitrogens with one attached hydrogen (secondary N) is 1. The molecule has 17 heavy (non-hydrogen) atoms. The van der Waals surface area contributed by atoms with Crippen LogP contribution < -0.4 is 11.4 Å². The summed E-state index contributed by atoms with van der Waals surface area (Å²) in [5.74, 6) is 0. The van der Waals surface area contributed by atoms with Crippen LogP contribution in [0.25, 0.3) is 0 Å². The SMILES string of the molecule is NC1CCCC(Sc2n[nH]c(=O)n2C2CC2)C1. The fourth-order valence-electron chi connectivity index (χ4n) is 2.47. The molecule has 2 saturated carbocycles. The van der Waals surface area contributed by atoms with Crippen LogP contribution in [0.4, 0.5) is 0 Å². The highest BCUT2D eigenvalue weighted by Gasteiger charge is 2.30. The third kappa shape index (κ3) is 2.42. The van der Waals surface area contributed by atoms with Crippen molar-refractivity contribution in [2.45, 2.75) is 61.0 Å². The number of hydrogen-bond donors (Lipinski definition) is 2. The van der Waals surface area contributed by atoms with Gasteiger partial charge in [0, 0.05) is 17.3 Å². The van der Waals surface area contributed by atoms with Crippen molar-refractivity contribution in [1.29, 1.82) is 0 Å². The van der Waals surface area contributed by atoms with Gasteiger partial charge in [0.2, 0.25) is 0 Å². The van der Waals surface area contributed by atoms with Crippen LogP contribution in [0, 0.1) is 0 Å². The monoisotopic (exact) mass is 254 g/mol. The van der Waals surface area contributed by atoms with E-state index in [-0.39, 0.29) is 5.69 Å². The van der Waals surface area contributed by atoms with Crippen molar-refractivity contribution in [3.05, 3.63) is 10.5 Å². The lowest BCUT2D eigenvalue weighted by Crippen LogP contribution is -2.29. The summed E-state index contributed by atoms with van der Waals surface area (Å²) >= 11 is 1.72. The first-order valence-electron chi connectivity index (χ1n) is 6.33. The zero-order chi connectivity index (χ0) is 11.8. The first-order chi connectivity index (χ1) is 8.24. The lowest BCUT2D eigenvalue weighted by Gasteiger charge is -2.25. The number of hydrogen-bond acceptors (Lipinski definition) is 4. The number of rotatable bonds is 3. The van der Waals surface area contributed by atoms with Gasteiger partial charge in [-0.2, -0.15) is 0 Å². The van der Waals surface area contributed by atoms with Gasteiger partial charge < -0.3 is 5.73 Å². The highest BCUT2D eigenvalue weighted by Crippen LogP contribution is 2.38. The van der Waals surface area contributed by atoms with E-state index < -0.39 is 0 Å². The first-order valence-corrected chi connectivity index (χ1v) is 7.21. The first kappa shape index (κ1) is 11.3. The second kappa shape index (κ2) is 4.49. The Morgan fingerprint density at radius 3 is 2.88 bits per heavy atom. The van der Waals surface area contributed by atoms with E-state index >= 15 is 0 Å². The quantitative estimate of drug-likeness (QED) is 0.851. The van der Waals surface area contributed by atoms with Crippen LogP contribution in [0.3, 0.4) is 0 Å². The second-order valence-corrected chi connectivity index (χ2v) is 6.35. The number of nitrogens with zero attached hydrogens (tertiary/aromatic N) is 2. The maximum atomic E-state index is 11.6. The van der Waals surface area contributed by atoms with E-state index in [1.165, 1.54) is 12.8 Å². The Kier molecular flexibility index (Phi) is 3.00. The standard InChI is InChI=1S/C11H18N4OS/c12-7-2-1-3-9(6-7)17-11-14-13-10(16)15(11)8-4-5-8/h7-9H,1-6,12H2,(H,13,16). The Morgan fingerprint density at radius 1 is 1.35 bits per heavy atom. The lowest BCUT2D eigenvalue weighted by atomic mass is 9.96. The van der Waals surface area contributed by atoms with Crippen LogP contribution in [-0.4, -0.2) is 26.1 Å². The van der Waals surface area contributed by atoms with E-state index in [9.17, 15) is 4.79 Å². The summed E-state index contributed by atoms with van der Waals surface area (Å²) in [6, 6.07) is 0.710. The van der Waals surface area contributed by atoms with Gasteiger partial charge in [-0.1, -0.05) is 18.2 Å². The van der Waals surface area contributed by atoms with Crippen molar-refractivity contribution in [2.75, 3.05) is 0 Å². The summed E-state index contributed by atoms with van der Waals surface area (Å²) in [5.41, 5.74) is 5.92. The van der Waals surface area contributed by atoms with Crippen LogP contribution in [0.5, 0.6) is 0 Å². The largest absolute Gasteiger partial charge is 0.344 e. The van der Waals surface area contributed by atoms with Gasteiger partial charge in [0.05, 0.1) is 0 Å². The molecule has 0 amide bonds. The Hall–Kier alpha value is -0.750. The van der Waals surface area contributed by atoms with Gasteiger partial charge in [0.25, 0.3) is 0 Å². The van der Waals surface area contributed by atoms with Crippen molar-refractivity contribution in [1.82, 2.24) is 14.8 Å². The highest BCUT2D eigenvalue weighted by atomic mass is 32.2. The summed E-state index contributed by atoms with van der Waals surface area (Å²) in [6.07, 6.45) is 6.76. The van der Waals surface area contributed by atoms with Gasteiger partial charge in [-0.05, 0) is 32.1 Å². The van der Waals surface area contributed by atoms with Crippen LogP contribution in [0.15, 0.2) is 9.95 Å². The van der Waals surface area contributed by atoms with Gasteiger partial charge in [-0.15, -0.1) is 5.10 Å². The van der Waals surface area contributed by atoms with Gasteiger partial charge in [0.1, 0.15) is 0 Å². The Balaban J connectivity index is 1.74. The zero-order valence-electron chi connectivity index (χ0n) is 9.76. The number of thioether (sulfide) groups is 1. The average Bonchev–Trinajstić information content (AvgIpc) is 3.05. The Morgan fingerprint density at radius 2 is 2.18 bits per heavy atom. The van der Waals surface area contributed by atoms with Crippen LogP contribution >= 0.6 is 11.8 Å². The van der Waals surface area contributed by atoms with E-state index in [1.807, 2.05) is 4.57 Å². The van der Waals surface area contributed by atoms with E-state index in [0.29, 0.717) is 17.3 Å². The molecule has 1 heterocycles. The average molecular weight is 254 g/mol. The molecule has 1 aromatic heterocycles. The summed E-state index contributed by atoms with van der Waals surface area (Å²) in [4.78, 5) is 11.6. The zero-order valence-corrected chi connectivity index (χ0v) is 10.6. The maximum Gasteiger partial charge on any atom is 0.344 e. The Bertz CT molecular complexity index is 451. The van der Waals surface area contributed by atoms with Crippen molar-refractivity contribution in [3.63, 3.8) is 0 Å². The molecule has 1 aromatic rings. The van der Waals surface area contributed by atoms with Gasteiger partial charge in [-0.3, -0.25) is 4.57 Å². The van der Waals surface area contributed by atoms with Gasteiger partial charge in [0.15, 0.2) is 5.16 Å². The molecule has 2 fully saturated rings. The fraction of sp³-hybridized carbons (Fsp3) is 0.818. The summed E-state index contributed by atoms with van der Waals surface area (Å²) in [7, 11) is 0. The molecule has 2 unspecified atom stereocenters. The molecule has 3 N–H and O–H groups in total. The minimum atomic E-state index is -0.0601. The minimum absolute atomic E-state index is 0.0601. The molecule has 0 spiro atoms. The molecule has 0 aliphatic heterocycles. The topological polar surface area (TPSA) is 76.7 Å². The van der Waals surface area contributed by atoms with Crippen LogP contribution in [-0.2, 0) is 0 Å². The molecule has 3 rings (SSSR count). The molecule has 94 valence electrons. The van der Waals surface area contributed by atoms with Gasteiger partial charge in [-0.25, -0.2) is 9.89 Å². The summed E-state index contributed by atoms with van der Waals surface area (Å²) in [6.45, 7) is 0. The molecule has 0 saturated heterocycles.